The quantitative estimate of drug-likeness (QED) is 0.580. The van der Waals surface area contributed by atoms with E-state index in [0.29, 0.717) is 0 Å². The minimum atomic E-state index is -0.605. The summed E-state index contributed by atoms with van der Waals surface area (Å²) in [7, 11) is 1.38. The molecular weight excluding hydrogens is 147 g/mol. The van der Waals surface area contributed by atoms with Gasteiger partial charge >= 0.3 is 5.69 Å². The lowest BCUT2D eigenvalue weighted by molar-refractivity contribution is 0.414. The maximum absolute atomic E-state index is 12.7. The molecule has 0 saturated heterocycles. The first-order valence-corrected chi connectivity index (χ1v) is 2.97. The summed E-state index contributed by atoms with van der Waals surface area (Å²) < 4.78 is 17.4. The van der Waals surface area contributed by atoms with Crippen molar-refractivity contribution in [3.63, 3.8) is 0 Å². The van der Waals surface area contributed by atoms with E-state index < -0.39 is 5.82 Å². The van der Waals surface area contributed by atoms with Crippen LogP contribution in [0.4, 0.5) is 10.1 Å². The molecule has 0 atom stereocenters. The molecule has 0 heterocycles. The van der Waals surface area contributed by atoms with E-state index in [2.05, 4.69) is 4.98 Å². The Kier molecular flexibility index (Phi) is 2.02. The lowest BCUT2D eigenvalue weighted by atomic mass is 10.3. The first-order valence-electron chi connectivity index (χ1n) is 2.97. The molecule has 0 saturated carbocycles. The van der Waals surface area contributed by atoms with Gasteiger partial charge in [0, 0.05) is 0 Å². The van der Waals surface area contributed by atoms with Crippen LogP contribution in [-0.4, -0.2) is 7.11 Å². The maximum Gasteiger partial charge on any atom is 0.461 e. The van der Waals surface area contributed by atoms with Crippen molar-refractivity contribution in [2.45, 2.75) is 0 Å². The fourth-order valence-electron chi connectivity index (χ4n) is 0.757. The number of nitrogens with zero attached hydrogens (tertiary/aromatic N) is 2. The predicted octanol–water partition coefficient (Wildman–Crippen LogP) is 2.32. The number of benzene rings is 1. The highest BCUT2D eigenvalue weighted by molar-refractivity contribution is 5.57. The van der Waals surface area contributed by atoms with Gasteiger partial charge in [-0.3, -0.25) is 0 Å². The first kappa shape index (κ1) is 7.48. The molecule has 3 nitrogen and oxygen atoms in total. The summed E-state index contributed by atoms with van der Waals surface area (Å²) in [5, 5.41) is 8.34. The number of methoxy groups -OCH3 is 1. The molecule has 0 aliphatic heterocycles. The average Bonchev–Trinajstić information content (AvgIpc) is 2.04. The fourth-order valence-corrected chi connectivity index (χ4v) is 0.757. The largest absolute Gasteiger partial charge is 0.489 e. The lowest BCUT2D eigenvalue weighted by Crippen LogP contribution is -1.84. The number of diazo groups is 1. The van der Waals surface area contributed by atoms with E-state index in [1.54, 1.807) is 0 Å². The molecule has 0 fully saturated rings. The highest BCUT2D eigenvalue weighted by atomic mass is 19.1. The van der Waals surface area contributed by atoms with Gasteiger partial charge < -0.3 is 4.74 Å². The molecule has 56 valence electrons. The van der Waals surface area contributed by atoms with Crippen LogP contribution < -0.4 is 4.74 Å². The number of rotatable bonds is 1. The standard InChI is InChI=1S/C7H6FN2O/c1-11-6-4-2-3-5(8)7(6)10-9/h2-4H,1H3/q+1. The van der Waals surface area contributed by atoms with Crippen LogP contribution in [0.1, 0.15) is 0 Å². The van der Waals surface area contributed by atoms with Crippen LogP contribution >= 0.6 is 0 Å². The van der Waals surface area contributed by atoms with Crippen molar-refractivity contribution in [3.8, 4) is 5.75 Å². The number of ether oxygens (including phenoxy) is 1. The van der Waals surface area contributed by atoms with E-state index in [1.165, 1.54) is 25.3 Å². The van der Waals surface area contributed by atoms with Gasteiger partial charge in [0.05, 0.1) is 7.11 Å². The number of hydrogen-bond acceptors (Lipinski definition) is 2. The maximum atomic E-state index is 12.7. The van der Waals surface area contributed by atoms with Gasteiger partial charge in [-0.2, -0.15) is 4.39 Å². The third kappa shape index (κ3) is 1.27. The zero-order valence-corrected chi connectivity index (χ0v) is 5.91. The molecule has 1 rings (SSSR count). The minimum absolute atomic E-state index is 0.171. The van der Waals surface area contributed by atoms with Gasteiger partial charge in [-0.1, -0.05) is 6.07 Å². The van der Waals surface area contributed by atoms with Crippen molar-refractivity contribution in [3.05, 3.63) is 29.0 Å². The molecule has 0 aliphatic rings. The third-order valence-corrected chi connectivity index (χ3v) is 1.27. The van der Waals surface area contributed by atoms with Gasteiger partial charge in [0.1, 0.15) is 0 Å². The highest BCUT2D eigenvalue weighted by Crippen LogP contribution is 2.29. The van der Waals surface area contributed by atoms with Crippen LogP contribution in [0.5, 0.6) is 5.75 Å². The van der Waals surface area contributed by atoms with Crippen molar-refractivity contribution in [2.75, 3.05) is 7.11 Å². The summed E-state index contributed by atoms with van der Waals surface area (Å²) >= 11 is 0. The summed E-state index contributed by atoms with van der Waals surface area (Å²) in [4.78, 5) is 2.74. The summed E-state index contributed by atoms with van der Waals surface area (Å²) in [5.74, 6) is -0.389. The number of hydrogen-bond donors (Lipinski definition) is 0. The molecule has 0 unspecified atom stereocenters. The molecule has 0 N–H and O–H groups in total. The van der Waals surface area contributed by atoms with Crippen molar-refractivity contribution in [1.29, 1.82) is 5.39 Å². The lowest BCUT2D eigenvalue weighted by Gasteiger charge is -1.93. The Morgan fingerprint density at radius 3 is 2.73 bits per heavy atom. The Morgan fingerprint density at radius 2 is 2.27 bits per heavy atom. The van der Waals surface area contributed by atoms with E-state index >= 15 is 0 Å². The van der Waals surface area contributed by atoms with Crippen molar-refractivity contribution >= 4 is 5.69 Å². The SMILES string of the molecule is COc1cccc(F)c1[N+]#N. The summed E-state index contributed by atoms with van der Waals surface area (Å²) in [6.07, 6.45) is 0. The van der Waals surface area contributed by atoms with E-state index in [9.17, 15) is 4.39 Å². The number of halogens is 1. The Morgan fingerprint density at radius 1 is 1.55 bits per heavy atom. The van der Waals surface area contributed by atoms with Gasteiger partial charge in [-0.15, -0.1) is 0 Å². The molecule has 0 bridgehead atoms. The minimum Gasteiger partial charge on any atom is -0.489 e. The fraction of sp³-hybridized carbons (Fsp3) is 0.143. The average molecular weight is 153 g/mol. The summed E-state index contributed by atoms with van der Waals surface area (Å²) in [5.41, 5.74) is -0.171. The van der Waals surface area contributed by atoms with Crippen LogP contribution in [0.2, 0.25) is 0 Å². The third-order valence-electron chi connectivity index (χ3n) is 1.27. The zero-order chi connectivity index (χ0) is 8.27. The Bertz CT molecular complexity index is 306. The van der Waals surface area contributed by atoms with Gasteiger partial charge in [-0.25, -0.2) is 0 Å². The van der Waals surface area contributed by atoms with Gasteiger partial charge in [0.25, 0.3) is 0 Å². The second-order valence-corrected chi connectivity index (χ2v) is 1.89. The molecule has 0 spiro atoms. The second kappa shape index (κ2) is 2.97. The van der Waals surface area contributed by atoms with E-state index in [1.807, 2.05) is 0 Å². The van der Waals surface area contributed by atoms with Crippen LogP contribution in [0.3, 0.4) is 0 Å². The second-order valence-electron chi connectivity index (χ2n) is 1.89. The molecule has 0 radical (unpaired) electrons. The van der Waals surface area contributed by atoms with Crippen molar-refractivity contribution in [1.82, 2.24) is 0 Å². The zero-order valence-electron chi connectivity index (χ0n) is 5.91. The highest BCUT2D eigenvalue weighted by Gasteiger charge is 2.20. The van der Waals surface area contributed by atoms with Crippen LogP contribution in [-0.2, 0) is 0 Å². The first-order chi connectivity index (χ1) is 5.29. The molecular formula is C7H6FN2O+. The molecule has 11 heavy (non-hydrogen) atoms. The van der Waals surface area contributed by atoms with Crippen LogP contribution in [0.25, 0.3) is 4.98 Å². The summed E-state index contributed by atoms with van der Waals surface area (Å²) in [6.45, 7) is 0. The monoisotopic (exact) mass is 153 g/mol. The van der Waals surface area contributed by atoms with Gasteiger partial charge in [0.15, 0.2) is 4.98 Å². The Labute approximate surface area is 63.0 Å². The van der Waals surface area contributed by atoms with E-state index in [0.717, 1.165) is 0 Å². The molecule has 0 aromatic heterocycles. The van der Waals surface area contributed by atoms with E-state index in [4.69, 9.17) is 10.1 Å². The molecule has 1 aromatic carbocycles. The summed E-state index contributed by atoms with van der Waals surface area (Å²) in [6, 6.07) is 4.18. The molecule has 0 aliphatic carbocycles. The normalized spacial score (nSPS) is 8.82. The van der Waals surface area contributed by atoms with Crippen molar-refractivity contribution in [2.24, 2.45) is 0 Å². The molecule has 1 aromatic rings. The van der Waals surface area contributed by atoms with Crippen LogP contribution in [0.15, 0.2) is 18.2 Å². The van der Waals surface area contributed by atoms with Crippen molar-refractivity contribution < 1.29 is 9.13 Å². The molecule has 0 amide bonds. The Balaban J connectivity index is 3.27. The van der Waals surface area contributed by atoms with Gasteiger partial charge in [0.2, 0.25) is 17.0 Å². The van der Waals surface area contributed by atoms with E-state index in [-0.39, 0.29) is 11.4 Å². The topological polar surface area (TPSA) is 37.4 Å². The van der Waals surface area contributed by atoms with Crippen LogP contribution in [0, 0.1) is 11.2 Å². The predicted molar refractivity (Wildman–Crippen MR) is 37.7 cm³/mol. The Hall–Kier alpha value is -1.63. The smallest absolute Gasteiger partial charge is 0.461 e. The molecule has 4 heteroatoms. The van der Waals surface area contributed by atoms with Gasteiger partial charge in [-0.05, 0) is 12.1 Å².